The Morgan fingerprint density at radius 1 is 1.12 bits per heavy atom. The number of sulfonamides is 1. The summed E-state index contributed by atoms with van der Waals surface area (Å²) in [5.74, 6) is -2.89. The monoisotopic (exact) mass is 489 g/mol. The molecule has 0 spiro atoms. The van der Waals surface area contributed by atoms with Crippen LogP contribution in [-0.2, 0) is 23.0 Å². The molecule has 1 saturated heterocycles. The van der Waals surface area contributed by atoms with Gasteiger partial charge in [-0.3, -0.25) is 9.78 Å². The highest BCUT2D eigenvalue weighted by atomic mass is 32.2. The van der Waals surface area contributed by atoms with E-state index in [1.807, 2.05) is 0 Å². The Bertz CT molecular complexity index is 1400. The van der Waals surface area contributed by atoms with Crippen LogP contribution in [0, 0.1) is 5.82 Å². The lowest BCUT2D eigenvalue weighted by Gasteiger charge is -2.17. The Morgan fingerprint density at radius 3 is 2.44 bits per heavy atom. The lowest BCUT2D eigenvalue weighted by molar-refractivity contribution is 0.0691. The van der Waals surface area contributed by atoms with Gasteiger partial charge in [-0.15, -0.1) is 0 Å². The van der Waals surface area contributed by atoms with Gasteiger partial charge in [-0.05, 0) is 55.0 Å². The van der Waals surface area contributed by atoms with E-state index in [2.05, 4.69) is 4.98 Å². The minimum atomic E-state index is -3.48. The fourth-order valence-corrected chi connectivity index (χ4v) is 5.76. The molecule has 0 radical (unpaired) electrons. The van der Waals surface area contributed by atoms with Crippen molar-refractivity contribution in [3.63, 3.8) is 0 Å². The number of nitrogens with zero attached hydrogens (tertiary/aromatic N) is 3. The molecule has 180 valence electrons. The summed E-state index contributed by atoms with van der Waals surface area (Å²) in [6.07, 6.45) is 3.52. The first-order valence-corrected chi connectivity index (χ1v) is 12.5. The standard InChI is InChI=1S/C23H24FN3O6S/c24-17-6-4-15(5-7-17)12-16-13-18-20(25-14-16)21(28)19(23(30)31)22(29)27(18)10-3-11-34(32,33)26-8-1-2-9-26/h4-7,13-14,28H,1-3,8-12H2,(H,30,31). The summed E-state index contributed by atoms with van der Waals surface area (Å²) in [5.41, 5.74) is -0.169. The number of carboxylic acids is 1. The van der Waals surface area contributed by atoms with E-state index in [0.717, 1.165) is 23.0 Å². The molecule has 1 aromatic carbocycles. The van der Waals surface area contributed by atoms with Crippen LogP contribution < -0.4 is 5.56 Å². The number of benzene rings is 1. The fraction of sp³-hybridized carbons (Fsp3) is 0.348. The van der Waals surface area contributed by atoms with Gasteiger partial charge in [0.15, 0.2) is 11.3 Å². The average molecular weight is 490 g/mol. The summed E-state index contributed by atoms with van der Waals surface area (Å²) < 4.78 is 40.9. The summed E-state index contributed by atoms with van der Waals surface area (Å²) in [4.78, 5) is 28.8. The molecule has 4 rings (SSSR count). The third-order valence-electron chi connectivity index (χ3n) is 5.91. The predicted molar refractivity (Wildman–Crippen MR) is 123 cm³/mol. The second kappa shape index (κ2) is 9.51. The Kier molecular flexibility index (Phi) is 6.67. The Balaban J connectivity index is 1.70. The van der Waals surface area contributed by atoms with Gasteiger partial charge in [0, 0.05) is 25.8 Å². The topological polar surface area (TPSA) is 130 Å². The van der Waals surface area contributed by atoms with Crippen molar-refractivity contribution in [2.75, 3.05) is 18.8 Å². The Hall–Kier alpha value is -3.31. The van der Waals surface area contributed by atoms with Crippen LogP contribution >= 0.6 is 0 Å². The van der Waals surface area contributed by atoms with Crippen LogP contribution in [0.1, 0.15) is 40.7 Å². The zero-order chi connectivity index (χ0) is 24.5. The quantitative estimate of drug-likeness (QED) is 0.497. The normalized spacial score (nSPS) is 14.6. The molecule has 1 aliphatic heterocycles. The van der Waals surface area contributed by atoms with Crippen molar-refractivity contribution < 1.29 is 27.8 Å². The first-order valence-electron chi connectivity index (χ1n) is 10.9. The van der Waals surface area contributed by atoms with Crippen molar-refractivity contribution in [2.45, 2.75) is 32.2 Å². The van der Waals surface area contributed by atoms with E-state index in [0.29, 0.717) is 25.1 Å². The number of aromatic hydroxyl groups is 1. The Labute approximate surface area is 195 Å². The van der Waals surface area contributed by atoms with Crippen molar-refractivity contribution in [3.05, 3.63) is 69.4 Å². The second-order valence-corrected chi connectivity index (χ2v) is 10.4. The van der Waals surface area contributed by atoms with Gasteiger partial charge in [0.25, 0.3) is 5.56 Å². The molecule has 0 amide bonds. The van der Waals surface area contributed by atoms with Gasteiger partial charge < -0.3 is 14.8 Å². The van der Waals surface area contributed by atoms with E-state index in [9.17, 15) is 32.6 Å². The minimum Gasteiger partial charge on any atom is -0.505 e. The number of aromatic nitrogens is 2. The summed E-state index contributed by atoms with van der Waals surface area (Å²) in [5, 5.41) is 19.9. The molecule has 1 fully saturated rings. The molecule has 0 aliphatic carbocycles. The number of rotatable bonds is 8. The highest BCUT2D eigenvalue weighted by Gasteiger charge is 2.26. The van der Waals surface area contributed by atoms with Crippen molar-refractivity contribution in [3.8, 4) is 5.75 Å². The molecule has 0 atom stereocenters. The van der Waals surface area contributed by atoms with Gasteiger partial charge >= 0.3 is 5.97 Å². The number of carboxylic acid groups (broad SMARTS) is 1. The van der Waals surface area contributed by atoms with Crippen molar-refractivity contribution in [2.24, 2.45) is 0 Å². The molecule has 3 aromatic rings. The maximum atomic E-state index is 13.2. The number of hydrogen-bond acceptors (Lipinski definition) is 6. The van der Waals surface area contributed by atoms with Crippen LogP contribution in [0.15, 0.2) is 41.3 Å². The number of fused-ring (bicyclic) bond motifs is 1. The van der Waals surface area contributed by atoms with Crippen LogP contribution in [0.4, 0.5) is 4.39 Å². The molecule has 0 saturated carbocycles. The molecule has 9 nitrogen and oxygen atoms in total. The van der Waals surface area contributed by atoms with Gasteiger partial charge in [-0.2, -0.15) is 0 Å². The van der Waals surface area contributed by atoms with E-state index in [4.69, 9.17) is 0 Å². The summed E-state index contributed by atoms with van der Waals surface area (Å²) in [6, 6.07) is 7.48. The number of aromatic carboxylic acids is 1. The fourth-order valence-electron chi connectivity index (χ4n) is 4.20. The van der Waals surface area contributed by atoms with E-state index in [-0.39, 0.29) is 35.6 Å². The predicted octanol–water partition coefficient (Wildman–Crippen LogP) is 2.35. The van der Waals surface area contributed by atoms with E-state index >= 15 is 0 Å². The van der Waals surface area contributed by atoms with Crippen LogP contribution in [0.2, 0.25) is 0 Å². The Morgan fingerprint density at radius 2 is 1.79 bits per heavy atom. The van der Waals surface area contributed by atoms with Crippen LogP contribution in [0.3, 0.4) is 0 Å². The first kappa shape index (κ1) is 23.8. The highest BCUT2D eigenvalue weighted by molar-refractivity contribution is 7.89. The van der Waals surface area contributed by atoms with Crippen LogP contribution in [-0.4, -0.2) is 57.3 Å². The zero-order valence-electron chi connectivity index (χ0n) is 18.3. The van der Waals surface area contributed by atoms with E-state index in [1.54, 1.807) is 18.2 Å². The summed E-state index contributed by atoms with van der Waals surface area (Å²) in [7, 11) is -3.48. The maximum absolute atomic E-state index is 13.2. The van der Waals surface area contributed by atoms with Gasteiger partial charge in [0.1, 0.15) is 11.3 Å². The third kappa shape index (κ3) is 4.80. The number of pyridine rings is 2. The molecule has 11 heteroatoms. The molecule has 2 aromatic heterocycles. The number of halogens is 1. The molecule has 34 heavy (non-hydrogen) atoms. The third-order valence-corrected chi connectivity index (χ3v) is 7.87. The van der Waals surface area contributed by atoms with E-state index in [1.165, 1.54) is 22.6 Å². The van der Waals surface area contributed by atoms with Crippen molar-refractivity contribution in [1.29, 1.82) is 0 Å². The molecule has 2 N–H and O–H groups in total. The van der Waals surface area contributed by atoms with Crippen molar-refractivity contribution in [1.82, 2.24) is 13.9 Å². The molecular formula is C23H24FN3O6S. The van der Waals surface area contributed by atoms with Gasteiger partial charge in [0.2, 0.25) is 10.0 Å². The zero-order valence-corrected chi connectivity index (χ0v) is 19.1. The smallest absolute Gasteiger partial charge is 0.345 e. The number of aryl methyl sites for hydroxylation is 1. The summed E-state index contributed by atoms with van der Waals surface area (Å²) in [6.45, 7) is 0.888. The SMILES string of the molecule is O=C(O)c1c(O)c2ncc(Cc3ccc(F)cc3)cc2n(CCCS(=O)(=O)N2CCCC2)c1=O. The largest absolute Gasteiger partial charge is 0.505 e. The first-order chi connectivity index (χ1) is 16.2. The van der Waals surface area contributed by atoms with Crippen LogP contribution in [0.5, 0.6) is 5.75 Å². The van der Waals surface area contributed by atoms with Crippen LogP contribution in [0.25, 0.3) is 11.0 Å². The lowest BCUT2D eigenvalue weighted by atomic mass is 10.1. The molecule has 0 bridgehead atoms. The van der Waals surface area contributed by atoms with Gasteiger partial charge in [0.05, 0.1) is 11.3 Å². The molecule has 3 heterocycles. The highest BCUT2D eigenvalue weighted by Crippen LogP contribution is 2.26. The molecular weight excluding hydrogens is 465 g/mol. The van der Waals surface area contributed by atoms with Crippen molar-refractivity contribution >= 4 is 27.0 Å². The van der Waals surface area contributed by atoms with Gasteiger partial charge in [-0.25, -0.2) is 21.9 Å². The second-order valence-electron chi connectivity index (χ2n) is 8.28. The lowest BCUT2D eigenvalue weighted by Crippen LogP contribution is -2.32. The van der Waals surface area contributed by atoms with Gasteiger partial charge in [-0.1, -0.05) is 12.1 Å². The number of hydrogen-bond donors (Lipinski definition) is 2. The molecule has 0 unspecified atom stereocenters. The summed E-state index contributed by atoms with van der Waals surface area (Å²) >= 11 is 0. The minimum absolute atomic E-state index is 0.0648. The average Bonchev–Trinajstić information content (AvgIpc) is 3.33. The number of carbonyl (C=O) groups is 1. The maximum Gasteiger partial charge on any atom is 0.345 e. The van der Waals surface area contributed by atoms with E-state index < -0.39 is 32.9 Å². The molecule has 1 aliphatic rings.